The predicted molar refractivity (Wildman–Crippen MR) is 96.0 cm³/mol. The number of carbonyl (C=O) groups excluding carboxylic acids is 1. The average molecular weight is 398 g/mol. The van der Waals surface area contributed by atoms with E-state index < -0.39 is 5.97 Å². The molecule has 0 aliphatic carbocycles. The van der Waals surface area contributed by atoms with Crippen LogP contribution in [0.2, 0.25) is 10.0 Å². The molecule has 1 saturated heterocycles. The molecule has 2 heterocycles. The van der Waals surface area contributed by atoms with Crippen molar-refractivity contribution in [1.29, 1.82) is 0 Å². The Bertz CT molecular complexity index is 796. The first-order chi connectivity index (χ1) is 12.4. The number of likely N-dealkylation sites (tertiary alicyclic amines) is 1. The minimum Gasteiger partial charge on any atom is -0.484 e. The van der Waals surface area contributed by atoms with Crippen molar-refractivity contribution in [3.05, 3.63) is 46.2 Å². The zero-order valence-electron chi connectivity index (χ0n) is 13.8. The minimum atomic E-state index is -0.998. The number of piperidine rings is 1. The number of halogens is 2. The van der Waals surface area contributed by atoms with Crippen molar-refractivity contribution in [2.45, 2.75) is 18.9 Å². The van der Waals surface area contributed by atoms with E-state index >= 15 is 0 Å². The van der Waals surface area contributed by atoms with E-state index in [9.17, 15) is 9.59 Å². The van der Waals surface area contributed by atoms with Crippen LogP contribution in [0.25, 0.3) is 0 Å². The molecule has 1 fully saturated rings. The summed E-state index contributed by atoms with van der Waals surface area (Å²) in [6.45, 7) is 1.03. The molecule has 0 bridgehead atoms. The summed E-state index contributed by atoms with van der Waals surface area (Å²) in [6.07, 6.45) is 4.27. The second kappa shape index (κ2) is 7.97. The maximum Gasteiger partial charge on any atom is 0.338 e. The Morgan fingerprint density at radius 2 is 1.85 bits per heavy atom. The Kier molecular flexibility index (Phi) is 5.68. The summed E-state index contributed by atoms with van der Waals surface area (Å²) in [5.41, 5.74) is 0.164. The molecule has 0 unspecified atom stereocenters. The van der Waals surface area contributed by atoms with Crippen LogP contribution < -0.4 is 4.74 Å². The summed E-state index contributed by atoms with van der Waals surface area (Å²) < 4.78 is 7.14. The first-order valence-electron chi connectivity index (χ1n) is 8.06. The summed E-state index contributed by atoms with van der Waals surface area (Å²) >= 11 is 11.8. The molecule has 0 spiro atoms. The van der Waals surface area contributed by atoms with Gasteiger partial charge in [0.15, 0.2) is 6.61 Å². The van der Waals surface area contributed by atoms with E-state index in [1.54, 1.807) is 27.8 Å². The van der Waals surface area contributed by atoms with Crippen molar-refractivity contribution in [2.24, 2.45) is 0 Å². The van der Waals surface area contributed by atoms with E-state index in [-0.39, 0.29) is 24.1 Å². The van der Waals surface area contributed by atoms with E-state index in [2.05, 4.69) is 5.10 Å². The molecule has 0 saturated carbocycles. The number of benzene rings is 1. The number of carbonyl (C=O) groups is 2. The quantitative estimate of drug-likeness (QED) is 0.837. The Morgan fingerprint density at radius 1 is 1.19 bits per heavy atom. The smallest absolute Gasteiger partial charge is 0.338 e. The maximum atomic E-state index is 12.3. The van der Waals surface area contributed by atoms with Crippen molar-refractivity contribution in [2.75, 3.05) is 19.7 Å². The Labute approximate surface area is 160 Å². The Morgan fingerprint density at radius 3 is 2.42 bits per heavy atom. The number of rotatable bonds is 5. The lowest BCUT2D eigenvalue weighted by Crippen LogP contribution is -2.41. The lowest BCUT2D eigenvalue weighted by molar-refractivity contribution is -0.134. The minimum absolute atomic E-state index is 0.0832. The van der Waals surface area contributed by atoms with Crippen LogP contribution in [0.15, 0.2) is 30.6 Å². The van der Waals surface area contributed by atoms with Crippen molar-refractivity contribution in [3.63, 3.8) is 0 Å². The molecular weight excluding hydrogens is 381 g/mol. The molecule has 2 aromatic rings. The summed E-state index contributed by atoms with van der Waals surface area (Å²) in [7, 11) is 0. The van der Waals surface area contributed by atoms with E-state index in [1.807, 2.05) is 0 Å². The van der Waals surface area contributed by atoms with E-state index in [0.29, 0.717) is 41.7 Å². The van der Waals surface area contributed by atoms with Crippen molar-refractivity contribution < 1.29 is 19.4 Å². The third-order valence-electron chi connectivity index (χ3n) is 4.24. The zero-order chi connectivity index (χ0) is 18.7. The van der Waals surface area contributed by atoms with Crippen LogP contribution >= 0.6 is 23.2 Å². The summed E-state index contributed by atoms with van der Waals surface area (Å²) in [5.74, 6) is -0.670. The topological polar surface area (TPSA) is 84.7 Å². The average Bonchev–Trinajstić information content (AvgIpc) is 3.09. The standard InChI is InChI=1S/C17H17Cl2N3O4/c18-12-5-13(19)7-15(6-12)26-10-16(23)21-3-1-14(2-4-21)22-9-11(8-20-22)17(24)25/h5-9,14H,1-4,10H2,(H,24,25). The van der Waals surface area contributed by atoms with Gasteiger partial charge >= 0.3 is 5.97 Å². The highest BCUT2D eigenvalue weighted by atomic mass is 35.5. The monoisotopic (exact) mass is 397 g/mol. The van der Waals surface area contributed by atoms with Gasteiger partial charge in [0, 0.05) is 29.3 Å². The van der Waals surface area contributed by atoms with Crippen LogP contribution in [0.5, 0.6) is 5.75 Å². The van der Waals surface area contributed by atoms with Crippen molar-refractivity contribution >= 4 is 35.1 Å². The molecule has 138 valence electrons. The van der Waals surface area contributed by atoms with Gasteiger partial charge in [-0.3, -0.25) is 9.48 Å². The van der Waals surface area contributed by atoms with E-state index in [0.717, 1.165) is 0 Å². The van der Waals surface area contributed by atoms with Gasteiger partial charge in [-0.1, -0.05) is 23.2 Å². The second-order valence-corrected chi connectivity index (χ2v) is 6.89. The van der Waals surface area contributed by atoms with Gasteiger partial charge in [-0.05, 0) is 31.0 Å². The fourth-order valence-corrected chi connectivity index (χ4v) is 3.38. The number of amides is 1. The van der Waals surface area contributed by atoms with E-state index in [1.165, 1.54) is 12.4 Å². The molecule has 1 amide bonds. The first kappa shape index (κ1) is 18.5. The van der Waals surface area contributed by atoms with Gasteiger partial charge < -0.3 is 14.7 Å². The summed E-state index contributed by atoms with van der Waals surface area (Å²) in [6, 6.07) is 4.88. The van der Waals surface area contributed by atoms with Crippen LogP contribution in [0, 0.1) is 0 Å². The van der Waals surface area contributed by atoms with Crippen molar-refractivity contribution in [1.82, 2.24) is 14.7 Å². The summed E-state index contributed by atoms with van der Waals surface area (Å²) in [4.78, 5) is 25.0. The molecule has 0 atom stereocenters. The van der Waals surface area contributed by atoms with Crippen LogP contribution in [0.3, 0.4) is 0 Å². The maximum absolute atomic E-state index is 12.3. The van der Waals surface area contributed by atoms with Crippen molar-refractivity contribution in [3.8, 4) is 5.75 Å². The van der Waals surface area contributed by atoms with Gasteiger partial charge in [0.05, 0.1) is 17.8 Å². The third kappa shape index (κ3) is 4.47. The van der Waals surface area contributed by atoms with Gasteiger partial charge in [-0.15, -0.1) is 0 Å². The molecule has 0 radical (unpaired) electrons. The Hall–Kier alpha value is -2.25. The van der Waals surface area contributed by atoms with E-state index in [4.69, 9.17) is 33.0 Å². The number of aromatic nitrogens is 2. The molecule has 1 aliphatic heterocycles. The van der Waals surface area contributed by atoms with Crippen LogP contribution in [-0.4, -0.2) is 51.4 Å². The largest absolute Gasteiger partial charge is 0.484 e. The molecule has 7 nitrogen and oxygen atoms in total. The number of aromatic carboxylic acids is 1. The third-order valence-corrected chi connectivity index (χ3v) is 4.67. The van der Waals surface area contributed by atoms with Crippen LogP contribution in [0.4, 0.5) is 0 Å². The van der Waals surface area contributed by atoms with Gasteiger partial charge in [-0.25, -0.2) is 4.79 Å². The lowest BCUT2D eigenvalue weighted by atomic mass is 10.1. The number of nitrogens with zero attached hydrogens (tertiary/aromatic N) is 3. The normalized spacial score (nSPS) is 15.1. The number of carboxylic acids is 1. The molecule has 9 heteroatoms. The number of hydrogen-bond acceptors (Lipinski definition) is 4. The fourth-order valence-electron chi connectivity index (χ4n) is 2.88. The van der Waals surface area contributed by atoms with Crippen LogP contribution in [-0.2, 0) is 4.79 Å². The highest BCUT2D eigenvalue weighted by molar-refractivity contribution is 6.34. The number of hydrogen-bond donors (Lipinski definition) is 1. The van der Waals surface area contributed by atoms with Crippen LogP contribution in [0.1, 0.15) is 29.2 Å². The molecule has 1 aromatic carbocycles. The second-order valence-electron chi connectivity index (χ2n) is 6.02. The number of ether oxygens (including phenoxy) is 1. The molecule has 1 N–H and O–H groups in total. The van der Waals surface area contributed by atoms with Gasteiger partial charge in [-0.2, -0.15) is 5.10 Å². The SMILES string of the molecule is O=C(O)c1cnn(C2CCN(C(=O)COc3cc(Cl)cc(Cl)c3)CC2)c1. The fraction of sp³-hybridized carbons (Fsp3) is 0.353. The highest BCUT2D eigenvalue weighted by Gasteiger charge is 2.25. The molecular formula is C17H17Cl2N3O4. The summed E-state index contributed by atoms with van der Waals surface area (Å²) in [5, 5.41) is 14.0. The van der Waals surface area contributed by atoms with Gasteiger partial charge in [0.2, 0.25) is 0 Å². The number of carboxylic acid groups (broad SMARTS) is 1. The molecule has 1 aromatic heterocycles. The molecule has 3 rings (SSSR count). The highest BCUT2D eigenvalue weighted by Crippen LogP contribution is 2.25. The predicted octanol–water partition coefficient (Wildman–Crippen LogP) is 3.13. The van der Waals surface area contributed by atoms with Gasteiger partial charge in [0.1, 0.15) is 5.75 Å². The lowest BCUT2D eigenvalue weighted by Gasteiger charge is -2.32. The van der Waals surface area contributed by atoms with Gasteiger partial charge in [0.25, 0.3) is 5.91 Å². The zero-order valence-corrected chi connectivity index (χ0v) is 15.3. The Balaban J connectivity index is 1.50. The first-order valence-corrected chi connectivity index (χ1v) is 8.82. The molecule has 26 heavy (non-hydrogen) atoms. The molecule has 1 aliphatic rings.